The normalized spacial score (nSPS) is 25.4. The van der Waals surface area contributed by atoms with Crippen molar-refractivity contribution in [2.75, 3.05) is 13.2 Å². The number of aliphatic hydroxyl groups is 1. The van der Waals surface area contributed by atoms with E-state index < -0.39 is 116 Å². The summed E-state index contributed by atoms with van der Waals surface area (Å²) in [6.07, 6.45) is -26.4. The van der Waals surface area contributed by atoms with Gasteiger partial charge in [0.2, 0.25) is 6.29 Å². The van der Waals surface area contributed by atoms with Gasteiger partial charge in [-0.25, -0.2) is 24.0 Å². The largest absolute Gasteiger partial charge is 0.454 e. The van der Waals surface area contributed by atoms with Crippen molar-refractivity contribution in [2.24, 2.45) is 11.8 Å². The second-order valence-corrected chi connectivity index (χ2v) is 11.8. The molecule has 0 aromatic carbocycles. The van der Waals surface area contributed by atoms with Gasteiger partial charge in [0.05, 0.1) is 0 Å². The van der Waals surface area contributed by atoms with Gasteiger partial charge in [-0.2, -0.15) is 52.7 Å². The molecule has 54 heavy (non-hydrogen) atoms. The van der Waals surface area contributed by atoms with Crippen LogP contribution in [0.3, 0.4) is 0 Å². The minimum Gasteiger partial charge on any atom is -0.454 e. The molecule has 0 saturated carbocycles. The Bertz CT molecular complexity index is 1400. The number of carbonyl (C=O) groups excluding carboxylic acids is 5. The zero-order valence-corrected chi connectivity index (χ0v) is 28.7. The first-order valence-corrected chi connectivity index (χ1v) is 14.6. The second kappa shape index (κ2) is 18.4. The summed E-state index contributed by atoms with van der Waals surface area (Å²) in [5.41, 5.74) is -6.94. The molecule has 24 heteroatoms. The number of carbonyl (C=O) groups is 5. The molecular weight excluding hydrogens is 780 g/mol. The van der Waals surface area contributed by atoms with E-state index in [0.29, 0.717) is 0 Å². The summed E-state index contributed by atoms with van der Waals surface area (Å²) in [6, 6.07) is 0. The maximum absolute atomic E-state index is 13.3. The molecule has 2 heterocycles. The highest BCUT2D eigenvalue weighted by Gasteiger charge is 2.70. The van der Waals surface area contributed by atoms with E-state index in [-0.39, 0.29) is 16.7 Å². The van der Waals surface area contributed by atoms with Gasteiger partial charge < -0.3 is 33.5 Å². The zero-order chi connectivity index (χ0) is 43.0. The summed E-state index contributed by atoms with van der Waals surface area (Å²) in [7, 11) is 0. The molecule has 0 bridgehead atoms. The molecular formula is C30H34F12O12. The Morgan fingerprint density at radius 2 is 0.963 bits per heavy atom. The van der Waals surface area contributed by atoms with Crippen LogP contribution in [0.15, 0.2) is 36.5 Å². The van der Waals surface area contributed by atoms with E-state index in [9.17, 15) is 76.7 Å². The van der Waals surface area contributed by atoms with Crippen LogP contribution < -0.4 is 0 Å². The minimum atomic E-state index is -5.37. The topological polar surface area (TPSA) is 161 Å². The Morgan fingerprint density at radius 3 is 1.24 bits per heavy atom. The van der Waals surface area contributed by atoms with Crippen LogP contribution >= 0.6 is 0 Å². The van der Waals surface area contributed by atoms with Crippen LogP contribution in [0.1, 0.15) is 47.5 Å². The van der Waals surface area contributed by atoms with E-state index in [2.05, 4.69) is 48.2 Å². The van der Waals surface area contributed by atoms with Crippen molar-refractivity contribution in [3.63, 3.8) is 0 Å². The monoisotopic (exact) mass is 814 g/mol. The summed E-state index contributed by atoms with van der Waals surface area (Å²) >= 11 is 0. The highest BCUT2D eigenvalue weighted by Crippen LogP contribution is 2.48. The summed E-state index contributed by atoms with van der Waals surface area (Å²) in [4.78, 5) is 55.7. The molecule has 0 aromatic rings. The van der Waals surface area contributed by atoms with E-state index in [4.69, 9.17) is 5.11 Å². The Labute approximate surface area is 298 Å². The fourth-order valence-corrected chi connectivity index (χ4v) is 3.83. The third-order valence-electron chi connectivity index (χ3n) is 6.57. The zero-order valence-electron chi connectivity index (χ0n) is 28.7. The van der Waals surface area contributed by atoms with Crippen LogP contribution in [0.25, 0.3) is 0 Å². The summed E-state index contributed by atoms with van der Waals surface area (Å²) < 4.78 is 175. The van der Waals surface area contributed by atoms with E-state index in [1.54, 1.807) is 0 Å². The SMILES string of the molecule is C=C(C)C(=O)OC(=O)C(=C)C.C=C(C)C(=O)OC1OC(C(=O)OCC(F)(F)F)(C(F)(F)F)CC1C.CC1CC(C(=O)OCC(F)(F)F)(C(F)(F)F)OC1O. The predicted molar refractivity (Wildman–Crippen MR) is 153 cm³/mol. The van der Waals surface area contributed by atoms with E-state index >= 15 is 0 Å². The van der Waals surface area contributed by atoms with Crippen molar-refractivity contribution >= 4 is 29.8 Å². The average molecular weight is 815 g/mol. The van der Waals surface area contributed by atoms with Crippen LogP contribution in [0.4, 0.5) is 52.7 Å². The van der Waals surface area contributed by atoms with Gasteiger partial charge in [0.25, 0.3) is 11.2 Å². The highest BCUT2D eigenvalue weighted by atomic mass is 19.4. The lowest BCUT2D eigenvalue weighted by atomic mass is 9.94. The molecule has 2 fully saturated rings. The first-order chi connectivity index (χ1) is 24.0. The van der Waals surface area contributed by atoms with Crippen molar-refractivity contribution in [2.45, 2.75) is 95.9 Å². The number of esters is 5. The Kier molecular flexibility index (Phi) is 17.0. The molecule has 2 aliphatic heterocycles. The number of hydrogen-bond donors (Lipinski definition) is 1. The molecule has 0 aromatic heterocycles. The molecule has 2 rings (SSSR count). The standard InChI is InChI=1S/C13H14F6O5.C9H10F6O4.C8H10O3/c1-6(2)8(20)23-9-7(3)4-11(24-9,13(17,18)19)10(21)22-5-12(14,15)16;1-4-2-7(9(13,14)15,19-5(4)16)6(17)18-3-8(10,11)12;1-5(2)7(9)11-8(10)6(3)4/h7,9H,1,4-5H2,2-3H3;4-5,16H,2-3H2,1H3;1,3H2,2,4H3. The van der Waals surface area contributed by atoms with Crippen LogP contribution in [-0.2, 0) is 52.4 Å². The lowest BCUT2D eigenvalue weighted by Gasteiger charge is -2.29. The van der Waals surface area contributed by atoms with Crippen molar-refractivity contribution < 1.29 is 110 Å². The minimum absolute atomic E-state index is 0.130. The van der Waals surface area contributed by atoms with Gasteiger partial charge in [0.15, 0.2) is 19.5 Å². The second-order valence-electron chi connectivity index (χ2n) is 11.8. The van der Waals surface area contributed by atoms with Crippen molar-refractivity contribution in [3.05, 3.63) is 36.5 Å². The Morgan fingerprint density at radius 1 is 0.630 bits per heavy atom. The predicted octanol–water partition coefficient (Wildman–Crippen LogP) is 5.87. The lowest BCUT2D eigenvalue weighted by molar-refractivity contribution is -0.294. The van der Waals surface area contributed by atoms with Crippen LogP contribution in [0, 0.1) is 11.8 Å². The number of rotatable bonds is 8. The first kappa shape index (κ1) is 49.8. The van der Waals surface area contributed by atoms with Crippen molar-refractivity contribution in [3.8, 4) is 0 Å². The maximum Gasteiger partial charge on any atom is 0.428 e. The molecule has 0 aliphatic carbocycles. The molecule has 2 saturated heterocycles. The molecule has 1 N–H and O–H groups in total. The number of aliphatic hydroxyl groups excluding tert-OH is 1. The molecule has 0 amide bonds. The van der Waals surface area contributed by atoms with Gasteiger partial charge in [-0.15, -0.1) is 0 Å². The number of halogens is 12. The quantitative estimate of drug-likeness (QED) is 0.102. The number of alkyl halides is 12. The summed E-state index contributed by atoms with van der Waals surface area (Å²) in [5, 5.41) is 9.12. The van der Waals surface area contributed by atoms with Crippen LogP contribution in [0.2, 0.25) is 0 Å². The number of hydrogen-bond acceptors (Lipinski definition) is 12. The molecule has 310 valence electrons. The smallest absolute Gasteiger partial charge is 0.428 e. The van der Waals surface area contributed by atoms with Gasteiger partial charge >= 0.3 is 54.6 Å². The average Bonchev–Trinajstić information content (AvgIpc) is 3.50. The maximum atomic E-state index is 13.3. The molecule has 6 atom stereocenters. The van der Waals surface area contributed by atoms with E-state index in [0.717, 1.165) is 6.92 Å². The van der Waals surface area contributed by atoms with E-state index in [1.807, 2.05) is 0 Å². The fourth-order valence-electron chi connectivity index (χ4n) is 3.83. The van der Waals surface area contributed by atoms with E-state index in [1.165, 1.54) is 27.7 Å². The van der Waals surface area contributed by atoms with Gasteiger partial charge in [-0.1, -0.05) is 33.6 Å². The third kappa shape index (κ3) is 14.2. The van der Waals surface area contributed by atoms with Gasteiger partial charge in [-0.3, -0.25) is 0 Å². The molecule has 12 nitrogen and oxygen atoms in total. The fraction of sp³-hybridized carbons (Fsp3) is 0.633. The number of ether oxygens (including phenoxy) is 6. The van der Waals surface area contributed by atoms with Crippen molar-refractivity contribution in [1.82, 2.24) is 0 Å². The molecule has 2 aliphatic rings. The Balaban J connectivity index is 0.000000835. The van der Waals surface area contributed by atoms with Crippen LogP contribution in [-0.4, -0.2) is 96.7 Å². The molecule has 0 radical (unpaired) electrons. The molecule has 0 spiro atoms. The van der Waals surface area contributed by atoms with Crippen molar-refractivity contribution in [1.29, 1.82) is 0 Å². The third-order valence-corrected chi connectivity index (χ3v) is 6.57. The Hall–Kier alpha value is -4.19. The van der Waals surface area contributed by atoms with Crippen LogP contribution in [0.5, 0.6) is 0 Å². The molecule has 6 unspecified atom stereocenters. The summed E-state index contributed by atoms with van der Waals surface area (Å²) in [6.45, 7) is 12.0. The first-order valence-electron chi connectivity index (χ1n) is 14.6. The van der Waals surface area contributed by atoms with Gasteiger partial charge in [-0.05, 0) is 20.8 Å². The lowest BCUT2D eigenvalue weighted by Crippen LogP contribution is -2.53. The van der Waals surface area contributed by atoms with Gasteiger partial charge in [0, 0.05) is 41.4 Å². The highest BCUT2D eigenvalue weighted by molar-refractivity contribution is 6.00. The summed E-state index contributed by atoms with van der Waals surface area (Å²) in [5.74, 6) is -9.12. The van der Waals surface area contributed by atoms with Gasteiger partial charge in [0.1, 0.15) is 0 Å².